The maximum absolute atomic E-state index is 12.2. The molecule has 0 spiro atoms. The fourth-order valence-electron chi connectivity index (χ4n) is 2.18. The minimum absolute atomic E-state index is 0.199. The molecule has 2 N–H and O–H groups in total. The Labute approximate surface area is 149 Å². The molecule has 2 rings (SSSR count). The fraction of sp³-hybridized carbons (Fsp3) is 0.176. The number of halogens is 1. The van der Waals surface area contributed by atoms with Gasteiger partial charge in [-0.2, -0.15) is 0 Å². The van der Waals surface area contributed by atoms with Gasteiger partial charge in [-0.15, -0.1) is 0 Å². The summed E-state index contributed by atoms with van der Waals surface area (Å²) in [7, 11) is 0. The second-order valence-corrected chi connectivity index (χ2v) is 6.63. The third kappa shape index (κ3) is 4.04. The van der Waals surface area contributed by atoms with Crippen molar-refractivity contribution in [3.05, 3.63) is 62.2 Å². The summed E-state index contributed by atoms with van der Waals surface area (Å²) in [6.45, 7) is 6.00. The van der Waals surface area contributed by atoms with Gasteiger partial charge in [-0.1, -0.05) is 18.2 Å². The molecule has 22 heavy (non-hydrogen) atoms. The highest BCUT2D eigenvalue weighted by molar-refractivity contribution is 14.1. The third-order valence-corrected chi connectivity index (χ3v) is 5.22. The highest BCUT2D eigenvalue weighted by Crippen LogP contribution is 2.21. The summed E-state index contributed by atoms with van der Waals surface area (Å²) in [5, 5.41) is 6.08. The smallest absolute Gasteiger partial charge is 0.257 e. The van der Waals surface area contributed by atoms with Gasteiger partial charge in [0.2, 0.25) is 0 Å². The highest BCUT2D eigenvalue weighted by Gasteiger charge is 2.10. The lowest BCUT2D eigenvalue weighted by Crippen LogP contribution is -2.34. The molecule has 3 nitrogen and oxygen atoms in total. The zero-order valence-corrected chi connectivity index (χ0v) is 15.6. The van der Waals surface area contributed by atoms with Crippen LogP contribution in [0, 0.1) is 24.3 Å². The van der Waals surface area contributed by atoms with Crippen LogP contribution >= 0.6 is 34.8 Å². The lowest BCUT2D eigenvalue weighted by molar-refractivity contribution is 0.0977. The van der Waals surface area contributed by atoms with E-state index in [9.17, 15) is 4.79 Å². The molecule has 0 fully saturated rings. The first-order chi connectivity index (χ1) is 10.4. The quantitative estimate of drug-likeness (QED) is 0.557. The van der Waals surface area contributed by atoms with Crippen molar-refractivity contribution in [3.63, 3.8) is 0 Å². The first kappa shape index (κ1) is 16.9. The standard InChI is InChI=1S/C17H17IN2OS/c1-10-6-4-5-7-14(10)16(21)20-17(22)19-13-8-11(2)15(18)12(3)9-13/h4-9H,1-3H3,(H2,19,20,21,22). The molecule has 0 saturated carbocycles. The molecule has 0 aliphatic rings. The number of aryl methyl sites for hydroxylation is 3. The maximum atomic E-state index is 12.2. The van der Waals surface area contributed by atoms with Gasteiger partial charge in [0.25, 0.3) is 5.91 Å². The van der Waals surface area contributed by atoms with Gasteiger partial charge >= 0.3 is 0 Å². The summed E-state index contributed by atoms with van der Waals surface area (Å²) in [5.74, 6) is -0.199. The molecule has 0 radical (unpaired) electrons. The second kappa shape index (κ2) is 7.19. The molecule has 0 aromatic heterocycles. The van der Waals surface area contributed by atoms with Crippen LogP contribution in [0.25, 0.3) is 0 Å². The monoisotopic (exact) mass is 424 g/mol. The summed E-state index contributed by atoms with van der Waals surface area (Å²) >= 11 is 7.55. The van der Waals surface area contributed by atoms with Gasteiger partial charge in [0.1, 0.15) is 0 Å². The molecule has 5 heteroatoms. The number of hydrogen-bond acceptors (Lipinski definition) is 2. The number of nitrogens with one attached hydrogen (secondary N) is 2. The molecule has 0 unspecified atom stereocenters. The molecular weight excluding hydrogens is 407 g/mol. The number of rotatable bonds is 2. The van der Waals surface area contributed by atoms with E-state index in [1.165, 1.54) is 14.7 Å². The van der Waals surface area contributed by atoms with Crippen LogP contribution in [0.3, 0.4) is 0 Å². The number of amides is 1. The van der Waals surface area contributed by atoms with Crippen molar-refractivity contribution in [2.75, 3.05) is 5.32 Å². The molecule has 0 atom stereocenters. The van der Waals surface area contributed by atoms with Crippen molar-refractivity contribution in [1.29, 1.82) is 0 Å². The maximum Gasteiger partial charge on any atom is 0.257 e. The van der Waals surface area contributed by atoms with Gasteiger partial charge < -0.3 is 5.32 Å². The summed E-state index contributed by atoms with van der Waals surface area (Å²) in [6.07, 6.45) is 0. The van der Waals surface area contributed by atoms with E-state index >= 15 is 0 Å². The molecule has 2 aromatic carbocycles. The molecular formula is C17H17IN2OS. The lowest BCUT2D eigenvalue weighted by atomic mass is 10.1. The van der Waals surface area contributed by atoms with Crippen molar-refractivity contribution >= 4 is 51.5 Å². The Bertz CT molecular complexity index is 720. The van der Waals surface area contributed by atoms with E-state index in [4.69, 9.17) is 12.2 Å². The number of carbonyl (C=O) groups is 1. The Balaban J connectivity index is 2.08. The van der Waals surface area contributed by atoms with Crippen molar-refractivity contribution in [2.24, 2.45) is 0 Å². The Morgan fingerprint density at radius 1 is 1.05 bits per heavy atom. The molecule has 0 bridgehead atoms. The summed E-state index contributed by atoms with van der Waals surface area (Å²) in [6, 6.07) is 11.5. The largest absolute Gasteiger partial charge is 0.332 e. The molecule has 114 valence electrons. The number of hydrogen-bond donors (Lipinski definition) is 2. The molecule has 0 heterocycles. The van der Waals surface area contributed by atoms with Gasteiger partial charge in [0.15, 0.2) is 5.11 Å². The summed E-state index contributed by atoms with van der Waals surface area (Å²) < 4.78 is 1.23. The Kier molecular flexibility index (Phi) is 5.52. The van der Waals surface area contributed by atoms with E-state index < -0.39 is 0 Å². The predicted molar refractivity (Wildman–Crippen MR) is 103 cm³/mol. The van der Waals surface area contributed by atoms with Crippen molar-refractivity contribution < 1.29 is 4.79 Å². The van der Waals surface area contributed by atoms with E-state index in [2.05, 4.69) is 47.1 Å². The van der Waals surface area contributed by atoms with Gasteiger partial charge in [-0.05, 0) is 90.5 Å². The normalized spacial score (nSPS) is 10.2. The van der Waals surface area contributed by atoms with Crippen LogP contribution < -0.4 is 10.6 Å². The predicted octanol–water partition coefficient (Wildman–Crippen LogP) is 4.34. The fourth-order valence-corrected chi connectivity index (χ4v) is 2.70. The van der Waals surface area contributed by atoms with E-state index in [0.29, 0.717) is 10.7 Å². The van der Waals surface area contributed by atoms with Crippen LogP contribution in [-0.4, -0.2) is 11.0 Å². The minimum Gasteiger partial charge on any atom is -0.332 e. The number of carbonyl (C=O) groups excluding carboxylic acids is 1. The third-order valence-electron chi connectivity index (χ3n) is 3.31. The SMILES string of the molecule is Cc1ccccc1C(=O)NC(=S)Nc1cc(C)c(I)c(C)c1. The van der Waals surface area contributed by atoms with Crippen LogP contribution in [-0.2, 0) is 0 Å². The summed E-state index contributed by atoms with van der Waals surface area (Å²) in [4.78, 5) is 12.2. The van der Waals surface area contributed by atoms with Gasteiger partial charge in [-0.25, -0.2) is 0 Å². The van der Waals surface area contributed by atoms with Crippen LogP contribution in [0.5, 0.6) is 0 Å². The molecule has 0 saturated heterocycles. The second-order valence-electron chi connectivity index (χ2n) is 5.15. The molecule has 2 aromatic rings. The van der Waals surface area contributed by atoms with Gasteiger partial charge in [-0.3, -0.25) is 10.1 Å². The Hall–Kier alpha value is -1.47. The first-order valence-electron chi connectivity index (χ1n) is 6.83. The zero-order chi connectivity index (χ0) is 16.3. The van der Waals surface area contributed by atoms with Crippen LogP contribution in [0.1, 0.15) is 27.0 Å². The van der Waals surface area contributed by atoms with Crippen molar-refractivity contribution in [2.45, 2.75) is 20.8 Å². The van der Waals surface area contributed by atoms with Crippen molar-refractivity contribution in [3.8, 4) is 0 Å². The van der Waals surface area contributed by atoms with Gasteiger partial charge in [0.05, 0.1) is 0 Å². The van der Waals surface area contributed by atoms with Gasteiger partial charge in [0, 0.05) is 14.8 Å². The lowest BCUT2D eigenvalue weighted by Gasteiger charge is -2.13. The van der Waals surface area contributed by atoms with E-state index in [0.717, 1.165) is 11.3 Å². The number of anilines is 1. The average molecular weight is 424 g/mol. The minimum atomic E-state index is -0.199. The summed E-state index contributed by atoms with van der Waals surface area (Å²) in [5.41, 5.74) is 4.78. The van der Waals surface area contributed by atoms with E-state index in [1.807, 2.05) is 37.3 Å². The highest BCUT2D eigenvalue weighted by atomic mass is 127. The topological polar surface area (TPSA) is 41.1 Å². The van der Waals surface area contributed by atoms with E-state index in [1.54, 1.807) is 6.07 Å². The first-order valence-corrected chi connectivity index (χ1v) is 8.32. The number of benzene rings is 2. The average Bonchev–Trinajstić information content (AvgIpc) is 2.44. The molecule has 0 aliphatic carbocycles. The van der Waals surface area contributed by atoms with Crippen LogP contribution in [0.2, 0.25) is 0 Å². The molecule has 0 aliphatic heterocycles. The number of thiocarbonyl (C=S) groups is 1. The van der Waals surface area contributed by atoms with Crippen LogP contribution in [0.4, 0.5) is 5.69 Å². The van der Waals surface area contributed by atoms with Crippen LogP contribution in [0.15, 0.2) is 36.4 Å². The zero-order valence-electron chi connectivity index (χ0n) is 12.7. The van der Waals surface area contributed by atoms with E-state index in [-0.39, 0.29) is 5.91 Å². The Morgan fingerprint density at radius 2 is 1.64 bits per heavy atom. The molecule has 1 amide bonds. The van der Waals surface area contributed by atoms with Crippen molar-refractivity contribution in [1.82, 2.24) is 5.32 Å². The Morgan fingerprint density at radius 3 is 2.23 bits per heavy atom.